The van der Waals surface area contributed by atoms with Crippen molar-refractivity contribution in [1.29, 1.82) is 5.26 Å². The lowest BCUT2D eigenvalue weighted by Crippen LogP contribution is -2.48. The first-order chi connectivity index (χ1) is 8.93. The molecule has 1 aliphatic heterocycles. The standard InChI is InChI=1S/C12H15N3O3S/c1-9-7-15(8-10(2)18-9)19(16,17)12-4-3-11(5-13)14-6-12/h3-4,6,9-10H,7-8H2,1-2H3/t9-,10+. The van der Waals surface area contributed by atoms with Crippen LogP contribution in [0.2, 0.25) is 0 Å². The number of sulfonamides is 1. The van der Waals surface area contributed by atoms with Crippen molar-refractivity contribution < 1.29 is 13.2 Å². The van der Waals surface area contributed by atoms with Gasteiger partial charge in [0.15, 0.2) is 0 Å². The molecule has 2 rings (SSSR count). The van der Waals surface area contributed by atoms with E-state index in [9.17, 15) is 8.42 Å². The lowest BCUT2D eigenvalue weighted by molar-refractivity contribution is -0.0440. The molecule has 0 N–H and O–H groups in total. The molecule has 102 valence electrons. The van der Waals surface area contributed by atoms with Crippen molar-refractivity contribution in [1.82, 2.24) is 9.29 Å². The molecule has 0 aliphatic carbocycles. The summed E-state index contributed by atoms with van der Waals surface area (Å²) in [5.41, 5.74) is 0.197. The highest BCUT2D eigenvalue weighted by Gasteiger charge is 2.32. The molecule has 19 heavy (non-hydrogen) atoms. The molecule has 1 fully saturated rings. The van der Waals surface area contributed by atoms with Crippen LogP contribution in [0.4, 0.5) is 0 Å². The van der Waals surface area contributed by atoms with E-state index in [2.05, 4.69) is 4.98 Å². The number of rotatable bonds is 2. The fraction of sp³-hybridized carbons (Fsp3) is 0.500. The second-order valence-electron chi connectivity index (χ2n) is 4.57. The van der Waals surface area contributed by atoms with Crippen LogP contribution in [0.15, 0.2) is 23.2 Å². The molecule has 0 aromatic carbocycles. The Hall–Kier alpha value is -1.49. The van der Waals surface area contributed by atoms with Crippen LogP contribution in [0.3, 0.4) is 0 Å². The summed E-state index contributed by atoms with van der Waals surface area (Å²) in [5.74, 6) is 0. The fourth-order valence-electron chi connectivity index (χ4n) is 2.08. The number of ether oxygens (including phenoxy) is 1. The van der Waals surface area contributed by atoms with E-state index in [1.807, 2.05) is 19.9 Å². The average Bonchev–Trinajstić information content (AvgIpc) is 2.37. The van der Waals surface area contributed by atoms with Crippen LogP contribution in [0.5, 0.6) is 0 Å². The lowest BCUT2D eigenvalue weighted by atomic mass is 10.3. The van der Waals surface area contributed by atoms with Gasteiger partial charge < -0.3 is 4.74 Å². The van der Waals surface area contributed by atoms with Crippen LogP contribution in [0, 0.1) is 11.3 Å². The Kier molecular flexibility index (Phi) is 3.85. The van der Waals surface area contributed by atoms with E-state index in [1.165, 1.54) is 22.6 Å². The minimum absolute atomic E-state index is 0.104. The quantitative estimate of drug-likeness (QED) is 0.798. The Morgan fingerprint density at radius 3 is 2.47 bits per heavy atom. The van der Waals surface area contributed by atoms with E-state index in [4.69, 9.17) is 10.00 Å². The molecule has 1 aromatic rings. The van der Waals surface area contributed by atoms with Crippen molar-refractivity contribution >= 4 is 10.0 Å². The lowest BCUT2D eigenvalue weighted by Gasteiger charge is -2.34. The van der Waals surface area contributed by atoms with Gasteiger partial charge in [-0.2, -0.15) is 9.57 Å². The van der Waals surface area contributed by atoms with E-state index in [0.717, 1.165) is 0 Å². The summed E-state index contributed by atoms with van der Waals surface area (Å²) in [5, 5.41) is 8.66. The largest absolute Gasteiger partial charge is 0.373 e. The van der Waals surface area contributed by atoms with Crippen molar-refractivity contribution in [2.75, 3.05) is 13.1 Å². The number of nitrogens with zero attached hydrogens (tertiary/aromatic N) is 3. The van der Waals surface area contributed by atoms with Gasteiger partial charge in [0.05, 0.1) is 12.2 Å². The zero-order valence-electron chi connectivity index (χ0n) is 10.8. The average molecular weight is 281 g/mol. The van der Waals surface area contributed by atoms with Crippen LogP contribution in [-0.2, 0) is 14.8 Å². The SMILES string of the molecule is C[C@@H]1CN(S(=O)(=O)c2ccc(C#N)nc2)C[C@H](C)O1. The second kappa shape index (κ2) is 5.25. The zero-order chi connectivity index (χ0) is 14.0. The van der Waals surface area contributed by atoms with Gasteiger partial charge in [0.1, 0.15) is 16.7 Å². The molecular weight excluding hydrogens is 266 g/mol. The van der Waals surface area contributed by atoms with Crippen molar-refractivity contribution in [3.63, 3.8) is 0 Å². The van der Waals surface area contributed by atoms with Gasteiger partial charge in [-0.3, -0.25) is 0 Å². The number of nitriles is 1. The fourth-order valence-corrected chi connectivity index (χ4v) is 3.61. The highest BCUT2D eigenvalue weighted by atomic mass is 32.2. The predicted octanol–water partition coefficient (Wildman–Crippen LogP) is 0.751. The maximum Gasteiger partial charge on any atom is 0.244 e. The van der Waals surface area contributed by atoms with E-state index < -0.39 is 10.0 Å². The predicted molar refractivity (Wildman–Crippen MR) is 67.7 cm³/mol. The molecule has 0 spiro atoms. The molecule has 0 radical (unpaired) electrons. The number of pyridine rings is 1. The summed E-state index contributed by atoms with van der Waals surface area (Å²) in [4.78, 5) is 3.90. The molecule has 2 atom stereocenters. The molecule has 7 heteroatoms. The highest BCUT2D eigenvalue weighted by Crippen LogP contribution is 2.20. The van der Waals surface area contributed by atoms with Gasteiger partial charge in [-0.05, 0) is 26.0 Å². The number of hydrogen-bond acceptors (Lipinski definition) is 5. The van der Waals surface area contributed by atoms with Crippen LogP contribution in [0.1, 0.15) is 19.5 Å². The number of hydrogen-bond donors (Lipinski definition) is 0. The van der Waals surface area contributed by atoms with Gasteiger partial charge in [-0.1, -0.05) is 0 Å². The molecule has 0 saturated carbocycles. The molecule has 6 nitrogen and oxygen atoms in total. The van der Waals surface area contributed by atoms with Crippen molar-refractivity contribution in [3.8, 4) is 6.07 Å². The Morgan fingerprint density at radius 1 is 1.37 bits per heavy atom. The summed E-state index contributed by atoms with van der Waals surface area (Å²) < 4.78 is 31.8. The Bertz CT molecular complexity index is 582. The number of aromatic nitrogens is 1. The Labute approximate surface area is 112 Å². The first-order valence-electron chi connectivity index (χ1n) is 5.95. The monoisotopic (exact) mass is 281 g/mol. The summed E-state index contributed by atoms with van der Waals surface area (Å²) in [7, 11) is -3.57. The summed E-state index contributed by atoms with van der Waals surface area (Å²) in [6, 6.07) is 4.67. The Balaban J connectivity index is 2.28. The first-order valence-corrected chi connectivity index (χ1v) is 7.39. The molecule has 1 aromatic heterocycles. The minimum Gasteiger partial charge on any atom is -0.373 e. The van der Waals surface area contributed by atoms with Crippen molar-refractivity contribution in [3.05, 3.63) is 24.0 Å². The Morgan fingerprint density at radius 2 is 2.00 bits per heavy atom. The third-order valence-corrected chi connectivity index (χ3v) is 4.69. The maximum atomic E-state index is 12.4. The third-order valence-electron chi connectivity index (χ3n) is 2.87. The third kappa shape index (κ3) is 2.92. The molecule has 0 bridgehead atoms. The van der Waals surface area contributed by atoms with Crippen molar-refractivity contribution in [2.45, 2.75) is 31.0 Å². The summed E-state index contributed by atoms with van der Waals surface area (Å²) in [6.07, 6.45) is 0.952. The van der Waals surface area contributed by atoms with Gasteiger partial charge in [-0.25, -0.2) is 13.4 Å². The van der Waals surface area contributed by atoms with Crippen molar-refractivity contribution in [2.24, 2.45) is 0 Å². The molecular formula is C12H15N3O3S. The van der Waals surface area contributed by atoms with Gasteiger partial charge >= 0.3 is 0 Å². The maximum absolute atomic E-state index is 12.4. The minimum atomic E-state index is -3.57. The molecule has 1 saturated heterocycles. The van der Waals surface area contributed by atoms with Crippen LogP contribution in [0.25, 0.3) is 0 Å². The van der Waals surface area contributed by atoms with Gasteiger partial charge in [0.25, 0.3) is 0 Å². The van der Waals surface area contributed by atoms with Gasteiger partial charge in [-0.15, -0.1) is 0 Å². The topological polar surface area (TPSA) is 83.3 Å². The summed E-state index contributed by atoms with van der Waals surface area (Å²) >= 11 is 0. The first kappa shape index (κ1) is 13.9. The zero-order valence-corrected chi connectivity index (χ0v) is 11.6. The van der Waals surface area contributed by atoms with Gasteiger partial charge in [0, 0.05) is 19.3 Å². The normalized spacial score (nSPS) is 24.9. The van der Waals surface area contributed by atoms with E-state index in [0.29, 0.717) is 13.1 Å². The molecule has 0 unspecified atom stereocenters. The molecule has 2 heterocycles. The van der Waals surface area contributed by atoms with Crippen LogP contribution < -0.4 is 0 Å². The smallest absolute Gasteiger partial charge is 0.244 e. The molecule has 1 aliphatic rings. The van der Waals surface area contributed by atoms with E-state index in [-0.39, 0.29) is 22.8 Å². The van der Waals surface area contributed by atoms with Gasteiger partial charge in [0.2, 0.25) is 10.0 Å². The molecule has 0 amide bonds. The highest BCUT2D eigenvalue weighted by molar-refractivity contribution is 7.89. The van der Waals surface area contributed by atoms with Crippen LogP contribution in [-0.4, -0.2) is 43.0 Å². The number of morpholine rings is 1. The van der Waals surface area contributed by atoms with E-state index >= 15 is 0 Å². The second-order valence-corrected chi connectivity index (χ2v) is 6.51. The van der Waals surface area contributed by atoms with Crippen LogP contribution >= 0.6 is 0 Å². The summed E-state index contributed by atoms with van der Waals surface area (Å²) in [6.45, 7) is 4.34. The van der Waals surface area contributed by atoms with E-state index in [1.54, 1.807) is 0 Å².